The quantitative estimate of drug-likeness (QED) is 0.775. The molecule has 2 amide bonds. The summed E-state index contributed by atoms with van der Waals surface area (Å²) in [5.41, 5.74) is 0.536. The molecule has 0 unspecified atom stereocenters. The zero-order chi connectivity index (χ0) is 20.8. The van der Waals surface area contributed by atoms with Gasteiger partial charge in [0, 0.05) is 38.5 Å². The topological polar surface area (TPSA) is 84.3 Å². The van der Waals surface area contributed by atoms with Gasteiger partial charge < -0.3 is 10.2 Å². The average molecular weight is 399 g/mol. The standard InChI is InChI=1S/C22H30N4O3/c1-16(2)7-11-23-21(28)17-8-12-25(13-9-17)20(27)10-14-26-15-24-19-6-4-3-5-18(19)22(26)29/h3-6,15-17H,7-14H2,1-2H3,(H,23,28). The molecule has 0 radical (unpaired) electrons. The van der Waals surface area contributed by atoms with Crippen molar-refractivity contribution >= 4 is 22.7 Å². The minimum atomic E-state index is -0.125. The summed E-state index contributed by atoms with van der Waals surface area (Å²) in [4.78, 5) is 43.4. The van der Waals surface area contributed by atoms with E-state index in [0.29, 0.717) is 55.8 Å². The molecule has 2 heterocycles. The van der Waals surface area contributed by atoms with Gasteiger partial charge in [-0.3, -0.25) is 19.0 Å². The van der Waals surface area contributed by atoms with Crippen LogP contribution in [0.5, 0.6) is 0 Å². The number of benzene rings is 1. The SMILES string of the molecule is CC(C)CCNC(=O)C1CCN(C(=O)CCn2cnc3ccccc3c2=O)CC1. The minimum Gasteiger partial charge on any atom is -0.356 e. The van der Waals surface area contributed by atoms with Crippen LogP contribution in [0, 0.1) is 11.8 Å². The number of fused-ring (bicyclic) bond motifs is 1. The number of nitrogens with zero attached hydrogens (tertiary/aromatic N) is 3. The summed E-state index contributed by atoms with van der Waals surface area (Å²) in [7, 11) is 0. The lowest BCUT2D eigenvalue weighted by atomic mass is 9.95. The molecule has 7 nitrogen and oxygen atoms in total. The fraction of sp³-hybridized carbons (Fsp3) is 0.545. The van der Waals surface area contributed by atoms with Crippen LogP contribution >= 0.6 is 0 Å². The maximum Gasteiger partial charge on any atom is 0.261 e. The number of hydrogen-bond acceptors (Lipinski definition) is 4. The van der Waals surface area contributed by atoms with Gasteiger partial charge in [-0.2, -0.15) is 0 Å². The molecule has 0 atom stereocenters. The first kappa shape index (κ1) is 21.0. The summed E-state index contributed by atoms with van der Waals surface area (Å²) >= 11 is 0. The number of para-hydroxylation sites is 1. The molecule has 156 valence electrons. The van der Waals surface area contributed by atoms with Crippen LogP contribution in [-0.2, 0) is 16.1 Å². The Morgan fingerprint density at radius 1 is 1.21 bits per heavy atom. The molecule has 0 bridgehead atoms. The van der Waals surface area contributed by atoms with E-state index in [2.05, 4.69) is 24.1 Å². The Morgan fingerprint density at radius 2 is 1.93 bits per heavy atom. The summed E-state index contributed by atoms with van der Waals surface area (Å²) in [6.07, 6.45) is 4.12. The maximum absolute atomic E-state index is 12.6. The van der Waals surface area contributed by atoms with Crippen LogP contribution in [0.3, 0.4) is 0 Å². The predicted octanol–water partition coefficient (Wildman–Crippen LogP) is 2.19. The number of piperidine rings is 1. The highest BCUT2D eigenvalue weighted by Gasteiger charge is 2.27. The zero-order valence-corrected chi connectivity index (χ0v) is 17.3. The molecule has 0 spiro atoms. The first-order chi connectivity index (χ1) is 14.0. The number of amides is 2. The van der Waals surface area contributed by atoms with E-state index in [0.717, 1.165) is 6.42 Å². The van der Waals surface area contributed by atoms with E-state index < -0.39 is 0 Å². The van der Waals surface area contributed by atoms with Crippen LogP contribution in [0.4, 0.5) is 0 Å². The van der Waals surface area contributed by atoms with Crippen molar-refractivity contribution in [2.24, 2.45) is 11.8 Å². The lowest BCUT2D eigenvalue weighted by molar-refractivity contribution is -0.135. The van der Waals surface area contributed by atoms with Crippen LogP contribution in [-0.4, -0.2) is 45.9 Å². The van der Waals surface area contributed by atoms with Gasteiger partial charge in [-0.05, 0) is 37.3 Å². The molecule has 2 aromatic rings. The lowest BCUT2D eigenvalue weighted by Crippen LogP contribution is -2.43. The summed E-state index contributed by atoms with van der Waals surface area (Å²) in [5.74, 6) is 0.675. The van der Waals surface area contributed by atoms with Gasteiger partial charge in [0.15, 0.2) is 0 Å². The lowest BCUT2D eigenvalue weighted by Gasteiger charge is -2.31. The van der Waals surface area contributed by atoms with Crippen molar-refractivity contribution in [3.63, 3.8) is 0 Å². The van der Waals surface area contributed by atoms with Gasteiger partial charge in [0.05, 0.1) is 17.2 Å². The molecule has 1 aliphatic rings. The number of carbonyl (C=O) groups excluding carboxylic acids is 2. The van der Waals surface area contributed by atoms with E-state index in [9.17, 15) is 14.4 Å². The molecule has 3 rings (SSSR count). The number of carbonyl (C=O) groups is 2. The summed E-state index contributed by atoms with van der Waals surface area (Å²) < 4.78 is 1.50. The third-order valence-corrected chi connectivity index (χ3v) is 5.54. The molecule has 1 saturated heterocycles. The Labute approximate surface area is 171 Å². The Balaban J connectivity index is 1.47. The third kappa shape index (κ3) is 5.43. The Kier molecular flexibility index (Phi) is 7.01. The van der Waals surface area contributed by atoms with Gasteiger partial charge in [0.25, 0.3) is 5.56 Å². The van der Waals surface area contributed by atoms with E-state index in [-0.39, 0.29) is 29.7 Å². The van der Waals surface area contributed by atoms with Crippen molar-refractivity contribution in [3.8, 4) is 0 Å². The number of aryl methyl sites for hydroxylation is 1. The van der Waals surface area contributed by atoms with Crippen molar-refractivity contribution in [2.75, 3.05) is 19.6 Å². The van der Waals surface area contributed by atoms with E-state index in [1.165, 1.54) is 10.9 Å². The van der Waals surface area contributed by atoms with Crippen molar-refractivity contribution in [2.45, 2.75) is 46.1 Å². The number of aromatic nitrogens is 2. The Morgan fingerprint density at radius 3 is 2.66 bits per heavy atom. The molecule has 29 heavy (non-hydrogen) atoms. The van der Waals surface area contributed by atoms with Crippen molar-refractivity contribution in [3.05, 3.63) is 40.9 Å². The predicted molar refractivity (Wildman–Crippen MR) is 112 cm³/mol. The van der Waals surface area contributed by atoms with Gasteiger partial charge in [-0.15, -0.1) is 0 Å². The van der Waals surface area contributed by atoms with Gasteiger partial charge in [0.1, 0.15) is 0 Å². The van der Waals surface area contributed by atoms with Crippen LogP contribution in [0.2, 0.25) is 0 Å². The molecule has 1 fully saturated rings. The number of hydrogen-bond donors (Lipinski definition) is 1. The zero-order valence-electron chi connectivity index (χ0n) is 17.3. The largest absolute Gasteiger partial charge is 0.356 e. The van der Waals surface area contributed by atoms with Gasteiger partial charge in [0.2, 0.25) is 11.8 Å². The van der Waals surface area contributed by atoms with Crippen LogP contribution in [0.1, 0.15) is 39.5 Å². The summed E-state index contributed by atoms with van der Waals surface area (Å²) in [5, 5.41) is 3.57. The minimum absolute atomic E-state index is 0.0153. The molecular weight excluding hydrogens is 368 g/mol. The second kappa shape index (κ2) is 9.67. The summed E-state index contributed by atoms with van der Waals surface area (Å²) in [6, 6.07) is 7.20. The molecule has 1 aliphatic heterocycles. The number of nitrogens with one attached hydrogen (secondary N) is 1. The second-order valence-electron chi connectivity index (χ2n) is 8.14. The third-order valence-electron chi connectivity index (χ3n) is 5.54. The van der Waals surface area contributed by atoms with Crippen LogP contribution in [0.25, 0.3) is 10.9 Å². The van der Waals surface area contributed by atoms with Gasteiger partial charge in [-0.1, -0.05) is 26.0 Å². The van der Waals surface area contributed by atoms with Gasteiger partial charge in [-0.25, -0.2) is 4.98 Å². The monoisotopic (exact) mass is 398 g/mol. The highest BCUT2D eigenvalue weighted by atomic mass is 16.2. The van der Waals surface area contributed by atoms with Crippen LogP contribution < -0.4 is 10.9 Å². The normalized spacial score (nSPS) is 15.1. The van der Waals surface area contributed by atoms with E-state index in [1.807, 2.05) is 12.1 Å². The van der Waals surface area contributed by atoms with Crippen LogP contribution in [0.15, 0.2) is 35.4 Å². The molecule has 1 aromatic heterocycles. The Hall–Kier alpha value is -2.70. The first-order valence-corrected chi connectivity index (χ1v) is 10.5. The molecule has 7 heteroatoms. The second-order valence-corrected chi connectivity index (χ2v) is 8.14. The highest BCUT2D eigenvalue weighted by Crippen LogP contribution is 2.18. The van der Waals surface area contributed by atoms with Gasteiger partial charge >= 0.3 is 0 Å². The van der Waals surface area contributed by atoms with Crippen molar-refractivity contribution < 1.29 is 9.59 Å². The molecule has 0 aliphatic carbocycles. The summed E-state index contributed by atoms with van der Waals surface area (Å²) in [6.45, 7) is 6.48. The van der Waals surface area contributed by atoms with Crippen molar-refractivity contribution in [1.29, 1.82) is 0 Å². The number of likely N-dealkylation sites (tertiary alicyclic amines) is 1. The van der Waals surface area contributed by atoms with Crippen molar-refractivity contribution in [1.82, 2.24) is 19.8 Å². The molecular formula is C22H30N4O3. The smallest absolute Gasteiger partial charge is 0.261 e. The fourth-order valence-electron chi connectivity index (χ4n) is 3.66. The molecule has 1 N–H and O–H groups in total. The molecule has 1 aromatic carbocycles. The molecule has 0 saturated carbocycles. The van der Waals surface area contributed by atoms with E-state index >= 15 is 0 Å². The Bertz CT molecular complexity index is 914. The van der Waals surface area contributed by atoms with E-state index in [4.69, 9.17) is 0 Å². The fourth-order valence-corrected chi connectivity index (χ4v) is 3.66. The number of rotatable bonds is 7. The first-order valence-electron chi connectivity index (χ1n) is 10.5. The average Bonchev–Trinajstić information content (AvgIpc) is 2.73. The van der Waals surface area contributed by atoms with E-state index in [1.54, 1.807) is 17.0 Å². The highest BCUT2D eigenvalue weighted by molar-refractivity contribution is 5.80. The maximum atomic E-state index is 12.6.